The molecule has 0 heterocycles. The highest BCUT2D eigenvalue weighted by Crippen LogP contribution is 2.35. The SMILES string of the molecule is N#Cc1ccc(Br)cc1Nc1cc(Cl)c(Cl)cc1Cl. The summed E-state index contributed by atoms with van der Waals surface area (Å²) in [5, 5.41) is 13.3. The van der Waals surface area contributed by atoms with Crippen molar-refractivity contribution >= 4 is 62.1 Å². The van der Waals surface area contributed by atoms with Crippen molar-refractivity contribution in [1.82, 2.24) is 0 Å². The molecule has 1 N–H and O–H groups in total. The monoisotopic (exact) mass is 374 g/mol. The van der Waals surface area contributed by atoms with Crippen LogP contribution in [0.5, 0.6) is 0 Å². The number of rotatable bonds is 2. The maximum atomic E-state index is 9.07. The zero-order valence-electron chi connectivity index (χ0n) is 9.35. The molecule has 0 spiro atoms. The van der Waals surface area contributed by atoms with Crippen LogP contribution in [0.4, 0.5) is 11.4 Å². The van der Waals surface area contributed by atoms with Crippen molar-refractivity contribution in [3.63, 3.8) is 0 Å². The third-order valence-corrected chi connectivity index (χ3v) is 3.91. The summed E-state index contributed by atoms with van der Waals surface area (Å²) >= 11 is 21.3. The number of halogens is 4. The molecule has 0 saturated carbocycles. The lowest BCUT2D eigenvalue weighted by atomic mass is 10.2. The van der Waals surface area contributed by atoms with Crippen molar-refractivity contribution in [1.29, 1.82) is 5.26 Å². The third kappa shape index (κ3) is 3.34. The van der Waals surface area contributed by atoms with Gasteiger partial charge in [0.25, 0.3) is 0 Å². The van der Waals surface area contributed by atoms with Gasteiger partial charge < -0.3 is 5.32 Å². The van der Waals surface area contributed by atoms with E-state index >= 15 is 0 Å². The summed E-state index contributed by atoms with van der Waals surface area (Å²) in [5.74, 6) is 0. The second kappa shape index (κ2) is 6.02. The van der Waals surface area contributed by atoms with Crippen molar-refractivity contribution in [3.8, 4) is 6.07 Å². The first-order chi connectivity index (χ1) is 9.01. The fourth-order valence-corrected chi connectivity index (χ4v) is 2.44. The summed E-state index contributed by atoms with van der Waals surface area (Å²) in [4.78, 5) is 0. The van der Waals surface area contributed by atoms with Gasteiger partial charge >= 0.3 is 0 Å². The Bertz CT molecular complexity index is 680. The minimum Gasteiger partial charge on any atom is -0.353 e. The second-order valence-corrected chi connectivity index (χ2v) is 5.81. The maximum Gasteiger partial charge on any atom is 0.101 e. The summed E-state index contributed by atoms with van der Waals surface area (Å²) in [7, 11) is 0. The second-order valence-electron chi connectivity index (χ2n) is 3.67. The van der Waals surface area contributed by atoms with Crippen molar-refractivity contribution in [3.05, 3.63) is 55.4 Å². The predicted molar refractivity (Wildman–Crippen MR) is 83.6 cm³/mol. The van der Waals surface area contributed by atoms with Crippen LogP contribution in [-0.2, 0) is 0 Å². The highest BCUT2D eigenvalue weighted by Gasteiger charge is 2.09. The normalized spacial score (nSPS) is 10.1. The lowest BCUT2D eigenvalue weighted by molar-refractivity contribution is 1.45. The summed E-state index contributed by atoms with van der Waals surface area (Å²) in [5.41, 5.74) is 1.73. The summed E-state index contributed by atoms with van der Waals surface area (Å²) in [6.07, 6.45) is 0. The molecule has 2 rings (SSSR count). The van der Waals surface area contributed by atoms with E-state index in [1.165, 1.54) is 0 Å². The van der Waals surface area contributed by atoms with E-state index in [0.29, 0.717) is 32.0 Å². The van der Waals surface area contributed by atoms with Crippen LogP contribution in [-0.4, -0.2) is 0 Å². The zero-order chi connectivity index (χ0) is 14.0. The molecule has 2 aromatic rings. The van der Waals surface area contributed by atoms with Gasteiger partial charge in [-0.15, -0.1) is 0 Å². The van der Waals surface area contributed by atoms with Crippen LogP contribution in [0.2, 0.25) is 15.1 Å². The van der Waals surface area contributed by atoms with Crippen LogP contribution in [0, 0.1) is 11.3 Å². The Morgan fingerprint density at radius 3 is 2.32 bits per heavy atom. The largest absolute Gasteiger partial charge is 0.353 e. The highest BCUT2D eigenvalue weighted by molar-refractivity contribution is 9.10. The number of benzene rings is 2. The van der Waals surface area contributed by atoms with E-state index in [9.17, 15) is 0 Å². The van der Waals surface area contributed by atoms with Gasteiger partial charge in [0.05, 0.1) is 32.0 Å². The number of anilines is 2. The fraction of sp³-hybridized carbons (Fsp3) is 0. The molecule has 0 aromatic heterocycles. The number of nitrogens with one attached hydrogen (secondary N) is 1. The topological polar surface area (TPSA) is 35.8 Å². The Balaban J connectivity index is 2.45. The predicted octanol–water partition coefficient (Wildman–Crippen LogP) is 6.02. The van der Waals surface area contributed by atoms with Gasteiger partial charge in [0, 0.05) is 4.47 Å². The molecule has 0 aliphatic heterocycles. The Morgan fingerprint density at radius 2 is 1.63 bits per heavy atom. The molecule has 2 nitrogen and oxygen atoms in total. The van der Waals surface area contributed by atoms with E-state index in [-0.39, 0.29) is 0 Å². The molecule has 0 aliphatic carbocycles. The Morgan fingerprint density at radius 1 is 0.947 bits per heavy atom. The smallest absolute Gasteiger partial charge is 0.101 e. The van der Waals surface area contributed by atoms with Crippen LogP contribution in [0.3, 0.4) is 0 Å². The average Bonchev–Trinajstić information content (AvgIpc) is 2.36. The average molecular weight is 376 g/mol. The molecule has 0 radical (unpaired) electrons. The van der Waals surface area contributed by atoms with Gasteiger partial charge in [0.2, 0.25) is 0 Å². The number of hydrogen-bond acceptors (Lipinski definition) is 2. The molecule has 0 atom stereocenters. The summed E-state index contributed by atoms with van der Waals surface area (Å²) < 4.78 is 0.852. The molecule has 96 valence electrons. The van der Waals surface area contributed by atoms with Crippen LogP contribution < -0.4 is 5.32 Å². The number of nitriles is 1. The zero-order valence-corrected chi connectivity index (χ0v) is 13.2. The van der Waals surface area contributed by atoms with Crippen LogP contribution in [0.25, 0.3) is 0 Å². The first kappa shape index (κ1) is 14.5. The molecule has 0 unspecified atom stereocenters. The molecule has 0 saturated heterocycles. The summed E-state index contributed by atoms with van der Waals surface area (Å²) in [6, 6.07) is 10.6. The van der Waals surface area contributed by atoms with Gasteiger partial charge in [-0.2, -0.15) is 5.26 Å². The Kier molecular flexibility index (Phi) is 4.59. The number of hydrogen-bond donors (Lipinski definition) is 1. The van der Waals surface area contributed by atoms with E-state index in [1.807, 2.05) is 0 Å². The standard InChI is InChI=1S/C13H6BrCl3N2/c14-8-2-1-7(6-18)12(3-8)19-13-5-10(16)9(15)4-11(13)17/h1-5,19H. The van der Waals surface area contributed by atoms with Crippen molar-refractivity contribution in [2.75, 3.05) is 5.32 Å². The minimum atomic E-state index is 0.381. The van der Waals surface area contributed by atoms with Crippen molar-refractivity contribution < 1.29 is 0 Å². The first-order valence-corrected chi connectivity index (χ1v) is 7.05. The molecule has 0 aliphatic rings. The van der Waals surface area contributed by atoms with Gasteiger partial charge in [-0.3, -0.25) is 0 Å². The van der Waals surface area contributed by atoms with Gasteiger partial charge in [0.15, 0.2) is 0 Å². The molecule has 19 heavy (non-hydrogen) atoms. The van der Waals surface area contributed by atoms with Gasteiger partial charge in [-0.05, 0) is 30.3 Å². The molecular formula is C13H6BrCl3N2. The van der Waals surface area contributed by atoms with Gasteiger partial charge in [0.1, 0.15) is 6.07 Å². The minimum absolute atomic E-state index is 0.381. The molecule has 2 aromatic carbocycles. The fourth-order valence-electron chi connectivity index (χ4n) is 1.48. The number of nitrogens with zero attached hydrogens (tertiary/aromatic N) is 1. The molecular weight excluding hydrogens is 370 g/mol. The lowest BCUT2D eigenvalue weighted by Gasteiger charge is -2.11. The van der Waals surface area contributed by atoms with Crippen molar-refractivity contribution in [2.24, 2.45) is 0 Å². The Hall–Kier alpha value is -0.920. The Labute approximate surface area is 134 Å². The molecule has 0 fully saturated rings. The molecule has 0 bridgehead atoms. The van der Waals surface area contributed by atoms with Crippen LogP contribution in [0.15, 0.2) is 34.8 Å². The van der Waals surface area contributed by atoms with E-state index in [2.05, 4.69) is 27.3 Å². The highest BCUT2D eigenvalue weighted by atomic mass is 79.9. The van der Waals surface area contributed by atoms with Gasteiger partial charge in [-0.25, -0.2) is 0 Å². The van der Waals surface area contributed by atoms with Crippen LogP contribution >= 0.6 is 50.7 Å². The van der Waals surface area contributed by atoms with E-state index in [0.717, 1.165) is 4.47 Å². The summed E-state index contributed by atoms with van der Waals surface area (Å²) in [6.45, 7) is 0. The van der Waals surface area contributed by atoms with E-state index in [1.54, 1.807) is 30.3 Å². The van der Waals surface area contributed by atoms with Gasteiger partial charge in [-0.1, -0.05) is 50.7 Å². The van der Waals surface area contributed by atoms with Crippen molar-refractivity contribution in [2.45, 2.75) is 0 Å². The van der Waals surface area contributed by atoms with E-state index in [4.69, 9.17) is 40.1 Å². The molecule has 6 heteroatoms. The molecule has 0 amide bonds. The first-order valence-electron chi connectivity index (χ1n) is 5.12. The van der Waals surface area contributed by atoms with Crippen LogP contribution in [0.1, 0.15) is 5.56 Å². The van der Waals surface area contributed by atoms with E-state index < -0.39 is 0 Å². The lowest BCUT2D eigenvalue weighted by Crippen LogP contribution is -1.95. The maximum absolute atomic E-state index is 9.07. The third-order valence-electron chi connectivity index (χ3n) is 2.38. The quantitative estimate of drug-likeness (QED) is 0.650.